The van der Waals surface area contributed by atoms with Crippen LogP contribution in [0.25, 0.3) is 0 Å². The molecule has 0 aromatic rings. The topological polar surface area (TPSA) is 26.3 Å². The lowest BCUT2D eigenvalue weighted by atomic mass is 10.2. The maximum Gasteiger partial charge on any atom is 0.330 e. The number of carbonyl (C=O) groups excluding carboxylic acids is 1. The fraction of sp³-hybridized carbons (Fsp3) is 0.444. The highest BCUT2D eigenvalue weighted by Crippen LogP contribution is 1.95. The summed E-state index contributed by atoms with van der Waals surface area (Å²) < 4.78 is 4.71. The Labute approximate surface area is 67.6 Å². The molecule has 0 aliphatic carbocycles. The molecule has 0 radical (unpaired) electrons. The van der Waals surface area contributed by atoms with Gasteiger partial charge in [0.05, 0.1) is 6.61 Å². The largest absolute Gasteiger partial charge is 0.463 e. The van der Waals surface area contributed by atoms with Crippen LogP contribution >= 0.6 is 0 Å². The van der Waals surface area contributed by atoms with Gasteiger partial charge >= 0.3 is 5.97 Å². The molecule has 2 heteroatoms. The van der Waals surface area contributed by atoms with Crippen molar-refractivity contribution in [3.8, 4) is 0 Å². The molecule has 0 bridgehead atoms. The van der Waals surface area contributed by atoms with E-state index < -0.39 is 0 Å². The van der Waals surface area contributed by atoms with Gasteiger partial charge in [0.15, 0.2) is 0 Å². The maximum absolute atomic E-state index is 10.8. The van der Waals surface area contributed by atoms with Crippen molar-refractivity contribution in [1.82, 2.24) is 0 Å². The van der Waals surface area contributed by atoms with Crippen molar-refractivity contribution in [2.75, 3.05) is 6.61 Å². The fourth-order valence-electron chi connectivity index (χ4n) is 0.681. The minimum absolute atomic E-state index is 0.275. The van der Waals surface area contributed by atoms with Gasteiger partial charge in [-0.05, 0) is 26.3 Å². The van der Waals surface area contributed by atoms with Crippen LogP contribution in [0.3, 0.4) is 0 Å². The molecule has 0 spiro atoms. The minimum atomic E-state index is -0.275. The average Bonchev–Trinajstić information content (AvgIpc) is 1.87. The fourth-order valence-corrected chi connectivity index (χ4v) is 0.681. The second-order valence-corrected chi connectivity index (χ2v) is 2.14. The molecule has 0 fully saturated rings. The zero-order chi connectivity index (χ0) is 8.69. The first kappa shape index (κ1) is 9.95. The number of ether oxygens (including phenoxy) is 1. The van der Waals surface area contributed by atoms with Crippen LogP contribution in [0.1, 0.15) is 20.8 Å². The van der Waals surface area contributed by atoms with Crippen molar-refractivity contribution in [1.29, 1.82) is 0 Å². The van der Waals surface area contributed by atoms with Gasteiger partial charge in [-0.2, -0.15) is 0 Å². The van der Waals surface area contributed by atoms with Gasteiger partial charge in [0.2, 0.25) is 0 Å². The van der Waals surface area contributed by atoms with E-state index in [1.165, 1.54) is 6.08 Å². The molecule has 0 saturated carbocycles. The summed E-state index contributed by atoms with van der Waals surface area (Å²) in [7, 11) is 0. The third kappa shape index (κ3) is 5.40. The van der Waals surface area contributed by atoms with Crippen LogP contribution in [-0.4, -0.2) is 12.6 Å². The summed E-state index contributed by atoms with van der Waals surface area (Å²) in [6.07, 6.45) is 5.21. The van der Waals surface area contributed by atoms with Gasteiger partial charge in [0, 0.05) is 6.08 Å². The van der Waals surface area contributed by atoms with Gasteiger partial charge in [0.1, 0.15) is 0 Å². The van der Waals surface area contributed by atoms with Crippen molar-refractivity contribution in [3.63, 3.8) is 0 Å². The van der Waals surface area contributed by atoms with E-state index in [1.807, 2.05) is 26.0 Å². The molecular formula is C9H14O2. The predicted octanol–water partition coefficient (Wildman–Crippen LogP) is 2.07. The Kier molecular flexibility index (Phi) is 5.17. The molecule has 0 amide bonds. The van der Waals surface area contributed by atoms with Crippen LogP contribution in [0.5, 0.6) is 0 Å². The molecule has 62 valence electrons. The summed E-state index contributed by atoms with van der Waals surface area (Å²) in [6.45, 7) is 5.98. The highest BCUT2D eigenvalue weighted by Gasteiger charge is 1.93. The first-order valence-electron chi connectivity index (χ1n) is 3.68. The summed E-state index contributed by atoms with van der Waals surface area (Å²) in [5.74, 6) is -0.275. The van der Waals surface area contributed by atoms with Gasteiger partial charge in [-0.1, -0.05) is 12.2 Å². The molecule has 0 aliphatic heterocycles. The van der Waals surface area contributed by atoms with Gasteiger partial charge in [-0.3, -0.25) is 0 Å². The summed E-state index contributed by atoms with van der Waals surface area (Å²) in [4.78, 5) is 10.8. The number of esters is 1. The molecule has 0 unspecified atom stereocenters. The Hall–Kier alpha value is -1.05. The van der Waals surface area contributed by atoms with E-state index in [2.05, 4.69) is 0 Å². The van der Waals surface area contributed by atoms with E-state index in [-0.39, 0.29) is 5.97 Å². The van der Waals surface area contributed by atoms with Crippen molar-refractivity contribution in [2.24, 2.45) is 0 Å². The monoisotopic (exact) mass is 154 g/mol. The second-order valence-electron chi connectivity index (χ2n) is 2.14. The van der Waals surface area contributed by atoms with Crippen LogP contribution in [0.4, 0.5) is 0 Å². The Morgan fingerprint density at radius 3 is 2.64 bits per heavy atom. The number of allylic oxidation sites excluding steroid dienone is 3. The molecule has 0 heterocycles. The maximum atomic E-state index is 10.8. The molecule has 0 saturated heterocycles. The molecule has 2 nitrogen and oxygen atoms in total. The zero-order valence-electron chi connectivity index (χ0n) is 7.26. The molecule has 0 aromatic carbocycles. The quantitative estimate of drug-likeness (QED) is 0.353. The predicted molar refractivity (Wildman–Crippen MR) is 45.2 cm³/mol. The second kappa shape index (κ2) is 5.71. The first-order valence-corrected chi connectivity index (χ1v) is 3.68. The third-order valence-corrected chi connectivity index (χ3v) is 1.06. The lowest BCUT2D eigenvalue weighted by Gasteiger charge is -1.95. The van der Waals surface area contributed by atoms with Crippen molar-refractivity contribution >= 4 is 5.97 Å². The first-order chi connectivity index (χ1) is 5.20. The lowest BCUT2D eigenvalue weighted by Crippen LogP contribution is -1.99. The van der Waals surface area contributed by atoms with E-state index in [9.17, 15) is 4.79 Å². The molecule has 0 atom stereocenters. The van der Waals surface area contributed by atoms with E-state index in [1.54, 1.807) is 6.92 Å². The molecule has 0 aliphatic rings. The van der Waals surface area contributed by atoms with Gasteiger partial charge in [0.25, 0.3) is 0 Å². The molecule has 0 N–H and O–H groups in total. The third-order valence-electron chi connectivity index (χ3n) is 1.06. The van der Waals surface area contributed by atoms with E-state index in [4.69, 9.17) is 4.74 Å². The standard InChI is InChI=1S/C9H14O2/c1-4-6-8(3)7-9(10)11-5-2/h4,6-7H,5H2,1-3H3/b6-4-,8-7-. The highest BCUT2D eigenvalue weighted by molar-refractivity contribution is 5.83. The SMILES string of the molecule is C/C=C\C(C)=C/C(=O)OCC. The summed E-state index contributed by atoms with van der Waals surface area (Å²) in [5.41, 5.74) is 0.908. The Balaban J connectivity index is 3.96. The summed E-state index contributed by atoms with van der Waals surface area (Å²) >= 11 is 0. The van der Waals surface area contributed by atoms with Crippen molar-refractivity contribution in [2.45, 2.75) is 20.8 Å². The van der Waals surface area contributed by atoms with Crippen LogP contribution in [0, 0.1) is 0 Å². The van der Waals surface area contributed by atoms with Gasteiger partial charge in [-0.15, -0.1) is 0 Å². The Morgan fingerprint density at radius 1 is 1.55 bits per heavy atom. The normalized spacial score (nSPS) is 12.1. The average molecular weight is 154 g/mol. The lowest BCUT2D eigenvalue weighted by molar-refractivity contribution is -0.137. The molecule has 11 heavy (non-hydrogen) atoms. The number of rotatable bonds is 3. The van der Waals surface area contributed by atoms with Crippen LogP contribution in [0.2, 0.25) is 0 Å². The highest BCUT2D eigenvalue weighted by atomic mass is 16.5. The summed E-state index contributed by atoms with van der Waals surface area (Å²) in [6, 6.07) is 0. The van der Waals surface area contributed by atoms with Gasteiger partial charge in [-0.25, -0.2) is 4.79 Å². The number of hydrogen-bond donors (Lipinski definition) is 0. The molecular weight excluding hydrogens is 140 g/mol. The van der Waals surface area contributed by atoms with E-state index in [0.717, 1.165) is 5.57 Å². The summed E-state index contributed by atoms with van der Waals surface area (Å²) in [5, 5.41) is 0. The Morgan fingerprint density at radius 2 is 2.18 bits per heavy atom. The molecule has 0 aromatic heterocycles. The Bertz CT molecular complexity index is 178. The van der Waals surface area contributed by atoms with Crippen molar-refractivity contribution < 1.29 is 9.53 Å². The molecule has 0 rings (SSSR count). The van der Waals surface area contributed by atoms with E-state index in [0.29, 0.717) is 6.61 Å². The van der Waals surface area contributed by atoms with Crippen LogP contribution in [0.15, 0.2) is 23.8 Å². The van der Waals surface area contributed by atoms with Crippen LogP contribution < -0.4 is 0 Å². The number of hydrogen-bond acceptors (Lipinski definition) is 2. The van der Waals surface area contributed by atoms with Crippen LogP contribution in [-0.2, 0) is 9.53 Å². The van der Waals surface area contributed by atoms with Gasteiger partial charge < -0.3 is 4.74 Å². The minimum Gasteiger partial charge on any atom is -0.463 e. The van der Waals surface area contributed by atoms with Crippen molar-refractivity contribution in [3.05, 3.63) is 23.8 Å². The zero-order valence-corrected chi connectivity index (χ0v) is 7.26. The van der Waals surface area contributed by atoms with E-state index >= 15 is 0 Å². The number of carbonyl (C=O) groups is 1. The smallest absolute Gasteiger partial charge is 0.330 e.